The summed E-state index contributed by atoms with van der Waals surface area (Å²) in [5, 5.41) is 2.93. The molecule has 0 bridgehead atoms. The van der Waals surface area contributed by atoms with Gasteiger partial charge in [-0.25, -0.2) is 4.79 Å². The number of nitrogens with zero attached hydrogens (tertiary/aromatic N) is 1. The van der Waals surface area contributed by atoms with Crippen LogP contribution in [-0.2, 0) is 17.8 Å². The molecule has 0 saturated carbocycles. The molecule has 0 radical (unpaired) electrons. The zero-order valence-electron chi connectivity index (χ0n) is 15.1. The van der Waals surface area contributed by atoms with E-state index in [1.165, 1.54) is 7.11 Å². The molecule has 3 rings (SSSR count). The Morgan fingerprint density at radius 2 is 1.63 bits per heavy atom. The maximum atomic E-state index is 12.4. The molecule has 0 aliphatic rings. The normalized spacial score (nSPS) is 10.3. The lowest BCUT2D eigenvalue weighted by atomic mass is 10.1. The van der Waals surface area contributed by atoms with E-state index in [2.05, 4.69) is 5.32 Å². The van der Waals surface area contributed by atoms with Gasteiger partial charge in [0.25, 0.3) is 5.91 Å². The van der Waals surface area contributed by atoms with E-state index in [4.69, 9.17) is 4.74 Å². The van der Waals surface area contributed by atoms with Crippen LogP contribution in [0.25, 0.3) is 0 Å². The van der Waals surface area contributed by atoms with Crippen molar-refractivity contribution < 1.29 is 18.9 Å². The molecule has 0 aliphatic carbocycles. The van der Waals surface area contributed by atoms with Crippen LogP contribution in [0.1, 0.15) is 31.8 Å². The standard InChI is InChI=1S/C22H20N2O3/c1-27-22(26)19-11-9-18(10-12-19)15-24-13-5-8-20(16-24)21(25)23-14-17-6-3-2-4-7-17/h2-13,16H,14-15H2,1H3/p+1. The van der Waals surface area contributed by atoms with Gasteiger partial charge in [0.05, 0.1) is 12.7 Å². The fourth-order valence-electron chi connectivity index (χ4n) is 2.71. The van der Waals surface area contributed by atoms with E-state index in [0.29, 0.717) is 24.2 Å². The zero-order chi connectivity index (χ0) is 19.1. The first-order chi connectivity index (χ1) is 13.2. The molecule has 0 aliphatic heterocycles. The second kappa shape index (κ2) is 8.76. The first-order valence-electron chi connectivity index (χ1n) is 8.64. The van der Waals surface area contributed by atoms with Gasteiger partial charge in [0, 0.05) is 18.2 Å². The molecule has 0 spiro atoms. The number of carbonyl (C=O) groups excluding carboxylic acids is 2. The summed E-state index contributed by atoms with van der Waals surface area (Å²) in [4.78, 5) is 23.9. The number of hydrogen-bond acceptors (Lipinski definition) is 3. The number of aromatic nitrogens is 1. The van der Waals surface area contributed by atoms with E-state index in [-0.39, 0.29) is 11.9 Å². The highest BCUT2D eigenvalue weighted by molar-refractivity contribution is 5.93. The number of amides is 1. The van der Waals surface area contributed by atoms with Crippen LogP contribution >= 0.6 is 0 Å². The summed E-state index contributed by atoms with van der Waals surface area (Å²) in [6, 6.07) is 20.7. The summed E-state index contributed by atoms with van der Waals surface area (Å²) in [6.45, 7) is 1.09. The smallest absolute Gasteiger partial charge is 0.337 e. The van der Waals surface area contributed by atoms with Gasteiger partial charge in [-0.2, -0.15) is 4.57 Å². The Kier molecular flexibility index (Phi) is 5.94. The third kappa shape index (κ3) is 5.01. The van der Waals surface area contributed by atoms with Gasteiger partial charge in [0.15, 0.2) is 18.9 Å². The van der Waals surface area contributed by atoms with Crippen molar-refractivity contribution in [2.24, 2.45) is 0 Å². The maximum absolute atomic E-state index is 12.4. The van der Waals surface area contributed by atoms with E-state index in [0.717, 1.165) is 11.1 Å². The van der Waals surface area contributed by atoms with Crippen LogP contribution in [0.2, 0.25) is 0 Å². The molecular weight excluding hydrogens is 340 g/mol. The van der Waals surface area contributed by atoms with Crippen LogP contribution in [0, 0.1) is 0 Å². The maximum Gasteiger partial charge on any atom is 0.337 e. The number of rotatable bonds is 6. The molecule has 0 fully saturated rings. The first-order valence-corrected chi connectivity index (χ1v) is 8.64. The number of ether oxygens (including phenoxy) is 1. The Balaban J connectivity index is 1.64. The molecule has 5 nitrogen and oxygen atoms in total. The third-order valence-electron chi connectivity index (χ3n) is 4.16. The van der Waals surface area contributed by atoms with Crippen LogP contribution in [0.3, 0.4) is 0 Å². The van der Waals surface area contributed by atoms with Crippen LogP contribution in [0.15, 0.2) is 79.1 Å². The average Bonchev–Trinajstić information content (AvgIpc) is 2.73. The number of benzene rings is 2. The Morgan fingerprint density at radius 3 is 2.33 bits per heavy atom. The molecule has 27 heavy (non-hydrogen) atoms. The monoisotopic (exact) mass is 361 g/mol. The van der Waals surface area contributed by atoms with Crippen molar-refractivity contribution in [3.05, 3.63) is 101 Å². The molecule has 0 atom stereocenters. The van der Waals surface area contributed by atoms with E-state index < -0.39 is 0 Å². The van der Waals surface area contributed by atoms with Crippen LogP contribution in [0.5, 0.6) is 0 Å². The third-order valence-corrected chi connectivity index (χ3v) is 4.16. The zero-order valence-corrected chi connectivity index (χ0v) is 15.1. The average molecular weight is 361 g/mol. The lowest BCUT2D eigenvalue weighted by Crippen LogP contribution is -2.35. The summed E-state index contributed by atoms with van der Waals surface area (Å²) in [5.74, 6) is -0.472. The molecule has 1 N–H and O–H groups in total. The number of hydrogen-bond donors (Lipinski definition) is 1. The van der Waals surface area contributed by atoms with Crippen molar-refractivity contribution in [2.45, 2.75) is 13.1 Å². The predicted octanol–water partition coefficient (Wildman–Crippen LogP) is 2.74. The fraction of sp³-hybridized carbons (Fsp3) is 0.136. The first kappa shape index (κ1) is 18.3. The molecule has 136 valence electrons. The van der Waals surface area contributed by atoms with Crippen molar-refractivity contribution in [3.63, 3.8) is 0 Å². The number of methoxy groups -OCH3 is 1. The van der Waals surface area contributed by atoms with Gasteiger partial charge in [-0.15, -0.1) is 0 Å². The van der Waals surface area contributed by atoms with Gasteiger partial charge in [0.1, 0.15) is 5.56 Å². The molecule has 0 unspecified atom stereocenters. The number of esters is 1. The van der Waals surface area contributed by atoms with Gasteiger partial charge >= 0.3 is 5.97 Å². The molecule has 1 amide bonds. The molecule has 2 aromatic carbocycles. The van der Waals surface area contributed by atoms with Crippen LogP contribution < -0.4 is 9.88 Å². The van der Waals surface area contributed by atoms with Crippen LogP contribution in [0.4, 0.5) is 0 Å². The predicted molar refractivity (Wildman–Crippen MR) is 101 cm³/mol. The minimum atomic E-state index is -0.355. The number of carbonyl (C=O) groups is 2. The van der Waals surface area contributed by atoms with Gasteiger partial charge in [0.2, 0.25) is 0 Å². The van der Waals surface area contributed by atoms with E-state index in [9.17, 15) is 9.59 Å². The highest BCUT2D eigenvalue weighted by atomic mass is 16.5. The number of pyridine rings is 1. The lowest BCUT2D eigenvalue weighted by molar-refractivity contribution is -0.688. The van der Waals surface area contributed by atoms with Gasteiger partial charge < -0.3 is 10.1 Å². The van der Waals surface area contributed by atoms with Gasteiger partial charge in [-0.1, -0.05) is 42.5 Å². The minimum absolute atomic E-state index is 0.116. The van der Waals surface area contributed by atoms with Crippen molar-refractivity contribution in [2.75, 3.05) is 7.11 Å². The highest BCUT2D eigenvalue weighted by Crippen LogP contribution is 2.06. The Hall–Kier alpha value is -3.47. The summed E-state index contributed by atoms with van der Waals surface area (Å²) in [6.07, 6.45) is 3.72. The topological polar surface area (TPSA) is 59.3 Å². The van der Waals surface area contributed by atoms with E-state index in [1.807, 2.05) is 65.5 Å². The lowest BCUT2D eigenvalue weighted by Gasteiger charge is -2.05. The Bertz CT molecular complexity index is 922. The summed E-state index contributed by atoms with van der Waals surface area (Å²) in [5.41, 5.74) is 3.19. The summed E-state index contributed by atoms with van der Waals surface area (Å²) >= 11 is 0. The molecule has 3 aromatic rings. The summed E-state index contributed by atoms with van der Waals surface area (Å²) in [7, 11) is 1.36. The number of nitrogens with one attached hydrogen (secondary N) is 1. The van der Waals surface area contributed by atoms with E-state index in [1.54, 1.807) is 18.2 Å². The minimum Gasteiger partial charge on any atom is -0.465 e. The Labute approximate surface area is 158 Å². The molecule has 0 saturated heterocycles. The van der Waals surface area contributed by atoms with Crippen LogP contribution in [-0.4, -0.2) is 19.0 Å². The largest absolute Gasteiger partial charge is 0.465 e. The summed E-state index contributed by atoms with van der Waals surface area (Å²) < 4.78 is 6.64. The highest BCUT2D eigenvalue weighted by Gasteiger charge is 2.12. The quantitative estimate of drug-likeness (QED) is 0.542. The fourth-order valence-corrected chi connectivity index (χ4v) is 2.71. The second-order valence-corrected chi connectivity index (χ2v) is 6.12. The molecule has 5 heteroatoms. The van der Waals surface area contributed by atoms with Gasteiger partial charge in [-0.05, 0) is 23.8 Å². The molecule has 1 heterocycles. The molecule has 1 aromatic heterocycles. The van der Waals surface area contributed by atoms with Crippen molar-refractivity contribution in [3.8, 4) is 0 Å². The SMILES string of the molecule is COC(=O)c1ccc(C[n+]2cccc(C(=O)NCc3ccccc3)c2)cc1. The second-order valence-electron chi connectivity index (χ2n) is 6.12. The Morgan fingerprint density at radius 1 is 0.889 bits per heavy atom. The van der Waals surface area contributed by atoms with Gasteiger partial charge in [-0.3, -0.25) is 4.79 Å². The van der Waals surface area contributed by atoms with E-state index >= 15 is 0 Å². The van der Waals surface area contributed by atoms with Crippen molar-refractivity contribution in [1.82, 2.24) is 5.32 Å². The van der Waals surface area contributed by atoms with Crippen molar-refractivity contribution >= 4 is 11.9 Å². The molecular formula is C22H21N2O3+. The van der Waals surface area contributed by atoms with Crippen molar-refractivity contribution in [1.29, 1.82) is 0 Å².